The van der Waals surface area contributed by atoms with E-state index in [2.05, 4.69) is 15.9 Å². The monoisotopic (exact) mass is 404 g/mol. The molecule has 5 heteroatoms. The molecule has 0 unspecified atom stereocenters. The van der Waals surface area contributed by atoms with Crippen LogP contribution in [0, 0.1) is 0 Å². The molecule has 2 aromatic carbocycles. The predicted octanol–water partition coefficient (Wildman–Crippen LogP) is 4.33. The van der Waals surface area contributed by atoms with Gasteiger partial charge in [-0.05, 0) is 24.6 Å². The Bertz CT molecular complexity index is 677. The van der Waals surface area contributed by atoms with Crippen LogP contribution < -0.4 is 0 Å². The van der Waals surface area contributed by atoms with Gasteiger partial charge in [0.2, 0.25) is 0 Å². The molecule has 0 aromatic heterocycles. The Morgan fingerprint density at radius 1 is 1.12 bits per heavy atom. The maximum absolute atomic E-state index is 12.4. The van der Waals surface area contributed by atoms with Gasteiger partial charge >= 0.3 is 5.97 Å². The van der Waals surface area contributed by atoms with Crippen molar-refractivity contribution < 1.29 is 19.0 Å². The molecular formula is C20H21BrO4. The van der Waals surface area contributed by atoms with Gasteiger partial charge in [-0.15, -0.1) is 0 Å². The molecule has 3 rings (SSSR count). The highest BCUT2D eigenvalue weighted by atomic mass is 79.9. The number of rotatable bonds is 5. The third-order valence-electron chi connectivity index (χ3n) is 4.17. The van der Waals surface area contributed by atoms with Gasteiger partial charge in [0.15, 0.2) is 6.10 Å². The van der Waals surface area contributed by atoms with E-state index in [9.17, 15) is 4.79 Å². The average Bonchev–Trinajstić information content (AvgIpc) is 2.64. The van der Waals surface area contributed by atoms with E-state index in [4.69, 9.17) is 14.2 Å². The van der Waals surface area contributed by atoms with Crippen LogP contribution in [0.4, 0.5) is 0 Å². The lowest BCUT2D eigenvalue weighted by Crippen LogP contribution is -2.49. The van der Waals surface area contributed by atoms with E-state index in [-0.39, 0.29) is 23.2 Å². The van der Waals surface area contributed by atoms with Gasteiger partial charge in [-0.2, -0.15) is 0 Å². The van der Waals surface area contributed by atoms with E-state index in [1.807, 2.05) is 55.5 Å². The average molecular weight is 405 g/mol. The van der Waals surface area contributed by atoms with Crippen molar-refractivity contribution in [1.82, 2.24) is 0 Å². The minimum absolute atomic E-state index is 0.116. The topological polar surface area (TPSA) is 44.8 Å². The Labute approximate surface area is 156 Å². The Morgan fingerprint density at radius 2 is 1.76 bits per heavy atom. The first-order chi connectivity index (χ1) is 12.1. The van der Waals surface area contributed by atoms with Crippen LogP contribution in [0.3, 0.4) is 0 Å². The summed E-state index contributed by atoms with van der Waals surface area (Å²) in [5.74, 6) is -0.359. The summed E-state index contributed by atoms with van der Waals surface area (Å²) >= 11 is 3.49. The minimum Gasteiger partial charge on any atom is -0.453 e. The highest BCUT2D eigenvalue weighted by Crippen LogP contribution is 2.29. The van der Waals surface area contributed by atoms with Crippen molar-refractivity contribution in [2.75, 3.05) is 0 Å². The van der Waals surface area contributed by atoms with Crippen LogP contribution in [-0.4, -0.2) is 29.3 Å². The van der Waals surface area contributed by atoms with Gasteiger partial charge in [0.1, 0.15) is 11.1 Å². The Balaban J connectivity index is 1.68. The number of alkyl halides is 1. The lowest BCUT2D eigenvalue weighted by atomic mass is 10.0. The van der Waals surface area contributed by atoms with Crippen LogP contribution in [-0.2, 0) is 20.8 Å². The minimum atomic E-state index is -0.454. The second kappa shape index (κ2) is 8.61. The third-order valence-corrected chi connectivity index (χ3v) is 4.76. The van der Waals surface area contributed by atoms with E-state index < -0.39 is 6.10 Å². The quantitative estimate of drug-likeness (QED) is 0.549. The maximum atomic E-state index is 12.4. The van der Waals surface area contributed by atoms with E-state index in [1.165, 1.54) is 0 Å². The second-order valence-electron chi connectivity index (χ2n) is 6.06. The number of ether oxygens (including phenoxy) is 3. The fourth-order valence-corrected chi connectivity index (χ4v) is 3.57. The largest absolute Gasteiger partial charge is 0.453 e. The zero-order valence-electron chi connectivity index (χ0n) is 14.0. The summed E-state index contributed by atoms with van der Waals surface area (Å²) in [5, 5.41) is -0.116. The van der Waals surface area contributed by atoms with Crippen molar-refractivity contribution in [2.24, 2.45) is 0 Å². The molecule has 0 bridgehead atoms. The molecule has 0 aliphatic carbocycles. The number of carbonyl (C=O) groups is 1. The van der Waals surface area contributed by atoms with Crippen molar-refractivity contribution >= 4 is 21.9 Å². The molecule has 0 N–H and O–H groups in total. The summed E-state index contributed by atoms with van der Waals surface area (Å²) in [4.78, 5) is 12.4. The van der Waals surface area contributed by atoms with E-state index in [0.717, 1.165) is 5.56 Å². The summed E-state index contributed by atoms with van der Waals surface area (Å²) in [7, 11) is 0. The smallest absolute Gasteiger partial charge is 0.338 e. The molecule has 132 valence electrons. The van der Waals surface area contributed by atoms with Crippen molar-refractivity contribution in [3.05, 3.63) is 71.8 Å². The van der Waals surface area contributed by atoms with Crippen LogP contribution >= 0.6 is 15.9 Å². The lowest BCUT2D eigenvalue weighted by molar-refractivity contribution is -0.161. The standard InChI is InChI=1S/C20H21BrO4/c1-14-19(25-20(22)16-10-6-3-7-11-16)17(12-18(21)24-14)23-13-15-8-4-2-5-9-15/h2-11,14,17-19H,12-13H2,1H3/t14-,17-,18+,19-/m1/s1. The van der Waals surface area contributed by atoms with Crippen LogP contribution in [0.2, 0.25) is 0 Å². The SMILES string of the molecule is C[C@H]1O[C@H](Br)C[C@@H](OCc2ccccc2)[C@@H]1OC(=O)c1ccccc1. The molecule has 1 saturated heterocycles. The van der Waals surface area contributed by atoms with Crippen molar-refractivity contribution in [1.29, 1.82) is 0 Å². The Hall–Kier alpha value is -1.69. The van der Waals surface area contributed by atoms with Crippen LogP contribution in [0.5, 0.6) is 0 Å². The normalized spacial score (nSPS) is 26.2. The van der Waals surface area contributed by atoms with E-state index >= 15 is 0 Å². The van der Waals surface area contributed by atoms with Gasteiger partial charge in [0, 0.05) is 6.42 Å². The first-order valence-corrected chi connectivity index (χ1v) is 9.26. The molecule has 1 fully saturated rings. The van der Waals surface area contributed by atoms with Gasteiger partial charge in [-0.3, -0.25) is 0 Å². The Morgan fingerprint density at radius 3 is 2.44 bits per heavy atom. The molecule has 25 heavy (non-hydrogen) atoms. The number of carbonyl (C=O) groups excluding carboxylic acids is 1. The molecule has 2 aromatic rings. The fraction of sp³-hybridized carbons (Fsp3) is 0.350. The summed E-state index contributed by atoms with van der Waals surface area (Å²) in [6, 6.07) is 18.9. The molecule has 4 nitrogen and oxygen atoms in total. The van der Waals surface area contributed by atoms with Gasteiger partial charge in [-0.25, -0.2) is 4.79 Å². The molecule has 0 saturated carbocycles. The molecule has 1 aliphatic heterocycles. The molecule has 0 amide bonds. The number of halogens is 1. The fourth-order valence-electron chi connectivity index (χ4n) is 2.86. The van der Waals surface area contributed by atoms with Gasteiger partial charge in [-0.1, -0.05) is 64.5 Å². The zero-order valence-corrected chi connectivity index (χ0v) is 15.6. The Kier molecular flexibility index (Phi) is 6.24. The number of benzene rings is 2. The third kappa shape index (κ3) is 4.91. The molecule has 1 heterocycles. The predicted molar refractivity (Wildman–Crippen MR) is 98.5 cm³/mol. The number of esters is 1. The van der Waals surface area contributed by atoms with Crippen molar-refractivity contribution in [2.45, 2.75) is 43.3 Å². The van der Waals surface area contributed by atoms with Crippen molar-refractivity contribution in [3.8, 4) is 0 Å². The highest BCUT2D eigenvalue weighted by Gasteiger charge is 2.39. The number of hydrogen-bond donors (Lipinski definition) is 0. The first kappa shape index (κ1) is 18.1. The number of hydrogen-bond acceptors (Lipinski definition) is 4. The first-order valence-electron chi connectivity index (χ1n) is 8.34. The molecule has 4 atom stereocenters. The second-order valence-corrected chi connectivity index (χ2v) is 7.08. The molecular weight excluding hydrogens is 384 g/mol. The van der Waals surface area contributed by atoms with Gasteiger partial charge in [0.25, 0.3) is 0 Å². The van der Waals surface area contributed by atoms with E-state index in [0.29, 0.717) is 18.6 Å². The van der Waals surface area contributed by atoms with Crippen molar-refractivity contribution in [3.63, 3.8) is 0 Å². The molecule has 1 aliphatic rings. The van der Waals surface area contributed by atoms with Crippen LogP contribution in [0.25, 0.3) is 0 Å². The summed E-state index contributed by atoms with van der Waals surface area (Å²) in [6.45, 7) is 2.37. The highest BCUT2D eigenvalue weighted by molar-refractivity contribution is 9.09. The molecule has 0 spiro atoms. The maximum Gasteiger partial charge on any atom is 0.338 e. The summed E-state index contributed by atoms with van der Waals surface area (Å²) < 4.78 is 17.6. The zero-order chi connectivity index (χ0) is 17.6. The van der Waals surface area contributed by atoms with Crippen LogP contribution in [0.15, 0.2) is 60.7 Å². The summed E-state index contributed by atoms with van der Waals surface area (Å²) in [6.07, 6.45) is -0.332. The van der Waals surface area contributed by atoms with Gasteiger partial charge in [0.05, 0.1) is 18.3 Å². The molecule has 0 radical (unpaired) electrons. The van der Waals surface area contributed by atoms with Gasteiger partial charge < -0.3 is 14.2 Å². The van der Waals surface area contributed by atoms with E-state index in [1.54, 1.807) is 12.1 Å². The van der Waals surface area contributed by atoms with Crippen LogP contribution in [0.1, 0.15) is 29.3 Å². The lowest BCUT2D eigenvalue weighted by Gasteiger charge is -2.38. The summed E-state index contributed by atoms with van der Waals surface area (Å²) in [5.41, 5.74) is 1.61.